The molecule has 1 amide bonds. The molecular weight excluding hydrogens is 391 g/mol. The number of rotatable bonds is 4. The lowest BCUT2D eigenvalue weighted by Gasteiger charge is -2.30. The van der Waals surface area contributed by atoms with Gasteiger partial charge in [-0.1, -0.05) is 53.9 Å². The highest BCUT2D eigenvalue weighted by Gasteiger charge is 2.18. The predicted molar refractivity (Wildman–Crippen MR) is 110 cm³/mol. The van der Waals surface area contributed by atoms with Gasteiger partial charge in [-0.3, -0.25) is 9.69 Å². The van der Waals surface area contributed by atoms with E-state index in [1.165, 1.54) is 18.4 Å². The van der Waals surface area contributed by atoms with E-state index in [9.17, 15) is 4.79 Å². The summed E-state index contributed by atoms with van der Waals surface area (Å²) in [6, 6.07) is 11.0. The standard InChI is InChI=1S/C20H21Cl3N2O/c1-13-8-10-25(11-9-13)12-14-2-4-15(5-3-14)24-20(26)18-16(21)6-7-17(22)19(18)23/h2-7,13H,8-12H2,1H3,(H,24,26). The molecule has 0 aromatic heterocycles. The third-order valence-electron chi connectivity index (χ3n) is 4.77. The first kappa shape index (κ1) is 19.5. The van der Waals surface area contributed by atoms with Crippen LogP contribution in [0.4, 0.5) is 5.69 Å². The molecule has 0 unspecified atom stereocenters. The molecular formula is C20H21Cl3N2O. The van der Waals surface area contributed by atoms with Crippen molar-refractivity contribution in [2.24, 2.45) is 5.92 Å². The van der Waals surface area contributed by atoms with Crippen molar-refractivity contribution in [3.8, 4) is 0 Å². The molecule has 3 rings (SSSR count). The Morgan fingerprint density at radius 2 is 1.65 bits per heavy atom. The third kappa shape index (κ3) is 4.72. The number of carbonyl (C=O) groups excluding carboxylic acids is 1. The molecule has 0 bridgehead atoms. The average molecular weight is 412 g/mol. The number of anilines is 1. The van der Waals surface area contributed by atoms with Gasteiger partial charge in [-0.25, -0.2) is 0 Å². The van der Waals surface area contributed by atoms with Crippen LogP contribution in [0.5, 0.6) is 0 Å². The van der Waals surface area contributed by atoms with Crippen molar-refractivity contribution in [2.75, 3.05) is 18.4 Å². The van der Waals surface area contributed by atoms with E-state index in [4.69, 9.17) is 34.8 Å². The van der Waals surface area contributed by atoms with Gasteiger partial charge in [0.05, 0.1) is 20.6 Å². The first-order chi connectivity index (χ1) is 12.4. The van der Waals surface area contributed by atoms with Crippen LogP contribution < -0.4 is 5.32 Å². The Morgan fingerprint density at radius 3 is 2.31 bits per heavy atom. The summed E-state index contributed by atoms with van der Waals surface area (Å²) in [5, 5.41) is 3.55. The maximum absolute atomic E-state index is 12.5. The van der Waals surface area contributed by atoms with Crippen molar-refractivity contribution in [1.29, 1.82) is 0 Å². The van der Waals surface area contributed by atoms with Crippen LogP contribution in [-0.2, 0) is 6.54 Å². The number of carbonyl (C=O) groups is 1. The number of halogens is 3. The Bertz CT molecular complexity index is 784. The molecule has 1 heterocycles. The van der Waals surface area contributed by atoms with Crippen molar-refractivity contribution in [3.63, 3.8) is 0 Å². The van der Waals surface area contributed by atoms with Crippen LogP contribution in [0, 0.1) is 5.92 Å². The van der Waals surface area contributed by atoms with Gasteiger partial charge in [0, 0.05) is 12.2 Å². The van der Waals surface area contributed by atoms with E-state index in [1.54, 1.807) is 12.1 Å². The molecule has 0 spiro atoms. The zero-order valence-corrected chi connectivity index (χ0v) is 16.8. The van der Waals surface area contributed by atoms with Crippen molar-refractivity contribution in [2.45, 2.75) is 26.3 Å². The summed E-state index contributed by atoms with van der Waals surface area (Å²) in [5.74, 6) is 0.453. The van der Waals surface area contributed by atoms with E-state index >= 15 is 0 Å². The topological polar surface area (TPSA) is 32.3 Å². The van der Waals surface area contributed by atoms with Crippen LogP contribution >= 0.6 is 34.8 Å². The predicted octanol–water partition coefficient (Wildman–Crippen LogP) is 6.13. The molecule has 26 heavy (non-hydrogen) atoms. The summed E-state index contributed by atoms with van der Waals surface area (Å²) in [4.78, 5) is 15.0. The minimum Gasteiger partial charge on any atom is -0.322 e. The Labute approximate surface area is 169 Å². The second-order valence-electron chi connectivity index (χ2n) is 6.83. The molecule has 3 nitrogen and oxygen atoms in total. The summed E-state index contributed by atoms with van der Waals surface area (Å²) >= 11 is 18.2. The van der Waals surface area contributed by atoms with Gasteiger partial charge in [0.2, 0.25) is 0 Å². The number of hydrogen-bond donors (Lipinski definition) is 1. The molecule has 1 fully saturated rings. The van der Waals surface area contributed by atoms with Gasteiger partial charge >= 0.3 is 0 Å². The van der Waals surface area contributed by atoms with E-state index in [0.29, 0.717) is 10.7 Å². The van der Waals surface area contributed by atoms with Gasteiger partial charge in [-0.05, 0) is 61.7 Å². The van der Waals surface area contributed by atoms with Gasteiger partial charge in [0.15, 0.2) is 0 Å². The molecule has 0 aliphatic carbocycles. The van der Waals surface area contributed by atoms with Crippen molar-refractivity contribution < 1.29 is 4.79 Å². The number of nitrogens with one attached hydrogen (secondary N) is 1. The molecule has 2 aromatic rings. The molecule has 1 N–H and O–H groups in total. The second kappa shape index (κ2) is 8.62. The zero-order valence-electron chi connectivity index (χ0n) is 14.6. The highest BCUT2D eigenvalue weighted by Crippen LogP contribution is 2.32. The summed E-state index contributed by atoms with van der Waals surface area (Å²) in [6.07, 6.45) is 2.52. The number of nitrogens with zero attached hydrogens (tertiary/aromatic N) is 1. The molecule has 2 aromatic carbocycles. The molecule has 0 saturated carbocycles. The Balaban J connectivity index is 1.64. The minimum atomic E-state index is -0.375. The lowest BCUT2D eigenvalue weighted by molar-refractivity contribution is 0.102. The van der Waals surface area contributed by atoms with Crippen LogP contribution in [0.15, 0.2) is 36.4 Å². The third-order valence-corrected chi connectivity index (χ3v) is 5.88. The maximum Gasteiger partial charge on any atom is 0.258 e. The zero-order chi connectivity index (χ0) is 18.7. The number of likely N-dealkylation sites (tertiary alicyclic amines) is 1. The largest absolute Gasteiger partial charge is 0.322 e. The lowest BCUT2D eigenvalue weighted by atomic mass is 9.99. The van der Waals surface area contributed by atoms with Crippen LogP contribution in [0.25, 0.3) is 0 Å². The van der Waals surface area contributed by atoms with Crippen molar-refractivity contribution >= 4 is 46.4 Å². The van der Waals surface area contributed by atoms with E-state index < -0.39 is 0 Å². The van der Waals surface area contributed by atoms with Crippen LogP contribution in [0.3, 0.4) is 0 Å². The van der Waals surface area contributed by atoms with Crippen LogP contribution in [0.2, 0.25) is 15.1 Å². The first-order valence-electron chi connectivity index (χ1n) is 8.70. The van der Waals surface area contributed by atoms with Gasteiger partial charge in [0.25, 0.3) is 5.91 Å². The monoisotopic (exact) mass is 410 g/mol. The summed E-state index contributed by atoms with van der Waals surface area (Å²) in [7, 11) is 0. The molecule has 1 aliphatic rings. The SMILES string of the molecule is CC1CCN(Cc2ccc(NC(=O)c3c(Cl)ccc(Cl)c3Cl)cc2)CC1. The number of hydrogen-bond acceptors (Lipinski definition) is 2. The molecule has 0 radical (unpaired) electrons. The van der Waals surface area contributed by atoms with E-state index in [-0.39, 0.29) is 21.5 Å². The summed E-state index contributed by atoms with van der Waals surface area (Å²) < 4.78 is 0. The molecule has 0 atom stereocenters. The average Bonchev–Trinajstić information content (AvgIpc) is 2.62. The Hall–Kier alpha value is -1.26. The van der Waals surface area contributed by atoms with E-state index in [0.717, 1.165) is 25.6 Å². The van der Waals surface area contributed by atoms with Gasteiger partial charge in [0.1, 0.15) is 0 Å². The summed E-state index contributed by atoms with van der Waals surface area (Å²) in [6.45, 7) is 5.54. The first-order valence-corrected chi connectivity index (χ1v) is 9.83. The normalized spacial score (nSPS) is 15.8. The van der Waals surface area contributed by atoms with Crippen LogP contribution in [-0.4, -0.2) is 23.9 Å². The smallest absolute Gasteiger partial charge is 0.258 e. The van der Waals surface area contributed by atoms with E-state index in [2.05, 4.69) is 17.1 Å². The fourth-order valence-electron chi connectivity index (χ4n) is 3.10. The number of amides is 1. The minimum absolute atomic E-state index is 0.160. The highest BCUT2D eigenvalue weighted by atomic mass is 35.5. The van der Waals surface area contributed by atoms with Gasteiger partial charge in [-0.15, -0.1) is 0 Å². The second-order valence-corrected chi connectivity index (χ2v) is 8.02. The summed E-state index contributed by atoms with van der Waals surface area (Å²) in [5.41, 5.74) is 2.11. The Morgan fingerprint density at radius 1 is 1.04 bits per heavy atom. The maximum atomic E-state index is 12.5. The van der Waals surface area contributed by atoms with Gasteiger partial charge < -0.3 is 5.32 Å². The van der Waals surface area contributed by atoms with E-state index in [1.807, 2.05) is 24.3 Å². The molecule has 1 aliphatic heterocycles. The van der Waals surface area contributed by atoms with Crippen LogP contribution in [0.1, 0.15) is 35.7 Å². The lowest BCUT2D eigenvalue weighted by Crippen LogP contribution is -2.32. The van der Waals surface area contributed by atoms with Crippen molar-refractivity contribution in [1.82, 2.24) is 4.90 Å². The fraction of sp³-hybridized carbons (Fsp3) is 0.350. The fourth-order valence-corrected chi connectivity index (χ4v) is 3.80. The Kier molecular flexibility index (Phi) is 6.46. The molecule has 138 valence electrons. The number of piperidine rings is 1. The van der Waals surface area contributed by atoms with Crippen molar-refractivity contribution in [3.05, 3.63) is 62.6 Å². The molecule has 6 heteroatoms. The highest BCUT2D eigenvalue weighted by molar-refractivity contribution is 6.46. The quantitative estimate of drug-likeness (QED) is 0.614. The number of benzene rings is 2. The molecule has 1 saturated heterocycles. The van der Waals surface area contributed by atoms with Gasteiger partial charge in [-0.2, -0.15) is 0 Å².